The fraction of sp³-hybridized carbons (Fsp3) is 0. The van der Waals surface area contributed by atoms with Crippen molar-refractivity contribution < 1.29 is 5.11 Å². The van der Waals surface area contributed by atoms with Gasteiger partial charge >= 0.3 is 0 Å². The van der Waals surface area contributed by atoms with Crippen LogP contribution in [0, 0.1) is 15.8 Å². The van der Waals surface area contributed by atoms with Gasteiger partial charge in [-0.05, 0) is 0 Å². The summed E-state index contributed by atoms with van der Waals surface area (Å²) >= 11 is 4.70. The second-order valence-electron chi connectivity index (χ2n) is 1.70. The molecule has 0 aliphatic heterocycles. The molecule has 0 spiro atoms. The van der Waals surface area contributed by atoms with E-state index in [4.69, 9.17) is 22.6 Å². The molecule has 0 atom stereocenters. The first-order chi connectivity index (χ1) is 4.75. The molecule has 0 radical (unpaired) electrons. The Kier molecular flexibility index (Phi) is 1.69. The highest BCUT2D eigenvalue weighted by atomic mass is 32.1. The molecule has 4 heteroatoms. The molecule has 0 aromatic carbocycles. The molecule has 10 heavy (non-hydrogen) atoms. The van der Waals surface area contributed by atoms with Gasteiger partial charge in [-0.25, -0.2) is 0 Å². The van der Waals surface area contributed by atoms with Crippen LogP contribution in [0.2, 0.25) is 0 Å². The van der Waals surface area contributed by atoms with E-state index < -0.39 is 0 Å². The van der Waals surface area contributed by atoms with Crippen LogP contribution < -0.4 is 0 Å². The van der Waals surface area contributed by atoms with Gasteiger partial charge in [0.05, 0.1) is 5.56 Å². The second kappa shape index (κ2) is 2.50. The van der Waals surface area contributed by atoms with Gasteiger partial charge in [0.1, 0.15) is 10.6 Å². The first-order valence-electron chi connectivity index (χ1n) is 2.56. The molecule has 0 unspecified atom stereocenters. The van der Waals surface area contributed by atoms with Crippen LogP contribution >= 0.6 is 12.2 Å². The van der Waals surface area contributed by atoms with E-state index in [0.29, 0.717) is 0 Å². The highest BCUT2D eigenvalue weighted by Gasteiger charge is 1.96. The molecule has 0 saturated carbocycles. The van der Waals surface area contributed by atoms with Gasteiger partial charge < -0.3 is 10.1 Å². The molecule has 0 amide bonds. The topological polar surface area (TPSA) is 59.8 Å². The highest BCUT2D eigenvalue weighted by molar-refractivity contribution is 7.71. The smallest absolute Gasteiger partial charge is 0.150 e. The summed E-state index contributed by atoms with van der Waals surface area (Å²) in [5.41, 5.74) is 0.287. The predicted octanol–water partition coefficient (Wildman–Crippen LogP) is 1.32. The summed E-state index contributed by atoms with van der Waals surface area (Å²) in [5.74, 6) is -0.0611. The van der Waals surface area contributed by atoms with Gasteiger partial charge in [-0.2, -0.15) is 5.26 Å². The molecule has 0 bridgehead atoms. The first-order valence-corrected chi connectivity index (χ1v) is 2.96. The van der Waals surface area contributed by atoms with Crippen molar-refractivity contribution in [2.45, 2.75) is 0 Å². The molecule has 1 aromatic heterocycles. The van der Waals surface area contributed by atoms with Crippen molar-refractivity contribution in [2.75, 3.05) is 0 Å². The number of hydrogen-bond acceptors (Lipinski definition) is 3. The van der Waals surface area contributed by atoms with Gasteiger partial charge in [-0.3, -0.25) is 0 Å². The summed E-state index contributed by atoms with van der Waals surface area (Å²) in [6.07, 6.45) is 2.78. The van der Waals surface area contributed by atoms with Gasteiger partial charge in [0, 0.05) is 12.4 Å². The Balaban J connectivity index is 3.47. The van der Waals surface area contributed by atoms with Gasteiger partial charge in [0.2, 0.25) is 0 Å². The molecule has 0 saturated heterocycles. The van der Waals surface area contributed by atoms with Crippen molar-refractivity contribution in [3.05, 3.63) is 22.5 Å². The third kappa shape index (κ3) is 0.993. The Hall–Kier alpha value is -1.34. The minimum absolute atomic E-state index is 0.0611. The summed E-state index contributed by atoms with van der Waals surface area (Å²) < 4.78 is 0.196. The summed E-state index contributed by atoms with van der Waals surface area (Å²) in [4.78, 5) is 2.58. The summed E-state index contributed by atoms with van der Waals surface area (Å²) in [6, 6.07) is 1.84. The average Bonchev–Trinajstić information content (AvgIpc) is 1.95. The van der Waals surface area contributed by atoms with Crippen molar-refractivity contribution in [2.24, 2.45) is 0 Å². The number of aromatic hydroxyl groups is 1. The number of rotatable bonds is 0. The highest BCUT2D eigenvalue weighted by Crippen LogP contribution is 2.11. The predicted molar refractivity (Wildman–Crippen MR) is 38.0 cm³/mol. The quantitative estimate of drug-likeness (QED) is 0.551. The molecule has 50 valence electrons. The lowest BCUT2D eigenvalue weighted by Gasteiger charge is -1.90. The van der Waals surface area contributed by atoms with E-state index in [9.17, 15) is 0 Å². The van der Waals surface area contributed by atoms with Gasteiger partial charge in [0.25, 0.3) is 0 Å². The monoisotopic (exact) mass is 152 g/mol. The molecule has 0 aliphatic rings. The molecule has 1 heterocycles. The zero-order valence-corrected chi connectivity index (χ0v) is 5.77. The minimum Gasteiger partial charge on any atom is -0.505 e. The molecule has 1 aromatic rings. The SMILES string of the molecule is N#Cc1c[nH]cc(O)c1=S. The van der Waals surface area contributed by atoms with Gasteiger partial charge in [-0.15, -0.1) is 0 Å². The van der Waals surface area contributed by atoms with E-state index >= 15 is 0 Å². The molecular weight excluding hydrogens is 148 g/mol. The zero-order valence-electron chi connectivity index (χ0n) is 4.96. The largest absolute Gasteiger partial charge is 0.505 e. The van der Waals surface area contributed by atoms with Crippen molar-refractivity contribution >= 4 is 12.2 Å². The van der Waals surface area contributed by atoms with Crippen LogP contribution in [0.25, 0.3) is 0 Å². The number of hydrogen-bond donors (Lipinski definition) is 2. The zero-order chi connectivity index (χ0) is 7.56. The Morgan fingerprint density at radius 2 is 2.30 bits per heavy atom. The normalized spacial score (nSPS) is 8.70. The summed E-state index contributed by atoms with van der Waals surface area (Å²) in [7, 11) is 0. The Morgan fingerprint density at radius 3 is 2.80 bits per heavy atom. The Morgan fingerprint density at radius 1 is 1.60 bits per heavy atom. The lowest BCUT2D eigenvalue weighted by Crippen LogP contribution is -1.78. The summed E-state index contributed by atoms with van der Waals surface area (Å²) in [6.45, 7) is 0. The minimum atomic E-state index is -0.0611. The number of nitriles is 1. The number of H-pyrrole nitrogens is 1. The van der Waals surface area contributed by atoms with Crippen molar-refractivity contribution in [1.82, 2.24) is 4.98 Å². The first kappa shape index (κ1) is 6.78. The molecule has 3 nitrogen and oxygen atoms in total. The van der Waals surface area contributed by atoms with Crippen molar-refractivity contribution in [3.63, 3.8) is 0 Å². The van der Waals surface area contributed by atoms with Crippen LogP contribution in [0.1, 0.15) is 5.56 Å². The third-order valence-corrected chi connectivity index (χ3v) is 1.47. The van der Waals surface area contributed by atoms with E-state index in [1.165, 1.54) is 12.4 Å². The molecule has 2 N–H and O–H groups in total. The van der Waals surface area contributed by atoms with E-state index in [0.717, 1.165) is 0 Å². The van der Waals surface area contributed by atoms with Crippen LogP contribution in [0.15, 0.2) is 12.4 Å². The molecular formula is C6H4N2OS. The summed E-state index contributed by atoms with van der Waals surface area (Å²) in [5, 5.41) is 17.3. The molecule has 0 fully saturated rings. The second-order valence-corrected chi connectivity index (χ2v) is 2.10. The number of nitrogens with one attached hydrogen (secondary N) is 1. The van der Waals surface area contributed by atoms with Crippen LogP contribution in [0.5, 0.6) is 5.75 Å². The van der Waals surface area contributed by atoms with Crippen LogP contribution in [-0.4, -0.2) is 10.1 Å². The maximum Gasteiger partial charge on any atom is 0.150 e. The van der Waals surface area contributed by atoms with Crippen LogP contribution in [0.4, 0.5) is 0 Å². The standard InChI is InChI=1S/C6H4N2OS/c7-1-4-2-8-3-5(9)6(4)10/h2-3,9H,(H,8,10). The Bertz CT molecular complexity index is 336. The van der Waals surface area contributed by atoms with Gasteiger partial charge in [0.15, 0.2) is 5.75 Å². The third-order valence-electron chi connectivity index (χ3n) is 1.05. The van der Waals surface area contributed by atoms with E-state index in [-0.39, 0.29) is 15.8 Å². The van der Waals surface area contributed by atoms with Crippen molar-refractivity contribution in [1.29, 1.82) is 5.26 Å². The maximum absolute atomic E-state index is 8.94. The van der Waals surface area contributed by atoms with E-state index in [1.807, 2.05) is 6.07 Å². The lowest BCUT2D eigenvalue weighted by atomic mass is 10.3. The van der Waals surface area contributed by atoms with E-state index in [1.54, 1.807) is 0 Å². The number of aromatic amines is 1. The van der Waals surface area contributed by atoms with E-state index in [2.05, 4.69) is 4.98 Å². The fourth-order valence-corrected chi connectivity index (χ4v) is 0.720. The number of nitrogens with zero attached hydrogens (tertiary/aromatic N) is 1. The molecule has 1 rings (SSSR count). The lowest BCUT2D eigenvalue weighted by molar-refractivity contribution is 0.470. The van der Waals surface area contributed by atoms with Crippen molar-refractivity contribution in [3.8, 4) is 11.8 Å². The number of pyridine rings is 1. The maximum atomic E-state index is 8.94. The van der Waals surface area contributed by atoms with Crippen LogP contribution in [0.3, 0.4) is 0 Å². The Labute approximate surface area is 62.6 Å². The molecule has 0 aliphatic carbocycles. The average molecular weight is 152 g/mol. The van der Waals surface area contributed by atoms with Gasteiger partial charge in [-0.1, -0.05) is 12.2 Å². The van der Waals surface area contributed by atoms with Crippen LogP contribution in [-0.2, 0) is 0 Å². The fourth-order valence-electron chi connectivity index (χ4n) is 0.556. The number of aromatic nitrogens is 1.